The topological polar surface area (TPSA) is 199 Å². The molecule has 15 heteroatoms. The second-order valence-electron chi connectivity index (χ2n) is 15.7. The largest absolute Gasteiger partial charge is 0.383 e. The predicted octanol–water partition coefficient (Wildman–Crippen LogP) is 7.51. The van der Waals surface area contributed by atoms with Crippen molar-refractivity contribution in [2.45, 2.75) is 51.1 Å². The van der Waals surface area contributed by atoms with Crippen molar-refractivity contribution in [2.24, 2.45) is 0 Å². The van der Waals surface area contributed by atoms with E-state index < -0.39 is 0 Å². The van der Waals surface area contributed by atoms with Crippen LogP contribution in [0.5, 0.6) is 0 Å². The summed E-state index contributed by atoms with van der Waals surface area (Å²) in [5, 5.41) is 31.3. The third-order valence-corrected chi connectivity index (χ3v) is 11.0. The van der Waals surface area contributed by atoms with Gasteiger partial charge in [0.15, 0.2) is 22.9 Å². The minimum Gasteiger partial charge on any atom is -0.383 e. The Bertz CT molecular complexity index is 3100. The SMILES string of the molecule is CCCNc1nc2cc(C#N)ccc2n2c(-c3ccc(C(=O)NC4CC4)cc3)cnc12.COCCNc1nc2cc(C#N)ccc2n2c(-c3ccc(C(=O)NC4CC4)cc3)cnc12. The van der Waals surface area contributed by atoms with Crippen LogP contribution in [0, 0.1) is 22.7 Å². The first-order chi connectivity index (χ1) is 30.8. The van der Waals surface area contributed by atoms with Gasteiger partial charge in [0.05, 0.1) is 75.7 Å². The highest BCUT2D eigenvalue weighted by atomic mass is 16.5. The van der Waals surface area contributed by atoms with Crippen LogP contribution in [0.4, 0.5) is 11.6 Å². The number of imidazole rings is 2. The number of methoxy groups -OCH3 is 1. The maximum atomic E-state index is 12.3. The van der Waals surface area contributed by atoms with Crippen LogP contribution < -0.4 is 21.3 Å². The normalized spacial score (nSPS) is 13.3. The summed E-state index contributed by atoms with van der Waals surface area (Å²) in [6.45, 7) is 3.98. The van der Waals surface area contributed by atoms with Gasteiger partial charge in [0, 0.05) is 54.5 Å². The molecule has 15 nitrogen and oxygen atoms in total. The minimum absolute atomic E-state index is 0.0306. The van der Waals surface area contributed by atoms with Gasteiger partial charge in [-0.1, -0.05) is 31.2 Å². The summed E-state index contributed by atoms with van der Waals surface area (Å²) >= 11 is 0. The van der Waals surface area contributed by atoms with E-state index in [1.165, 1.54) is 0 Å². The van der Waals surface area contributed by atoms with Crippen LogP contribution in [0.15, 0.2) is 97.3 Å². The maximum Gasteiger partial charge on any atom is 0.251 e. The van der Waals surface area contributed by atoms with Gasteiger partial charge >= 0.3 is 0 Å². The zero-order chi connectivity index (χ0) is 43.5. The number of benzene rings is 4. The number of hydrogen-bond acceptors (Lipinski definition) is 11. The van der Waals surface area contributed by atoms with Gasteiger partial charge in [0.25, 0.3) is 11.8 Å². The Balaban J connectivity index is 0.000000160. The molecule has 0 radical (unpaired) electrons. The number of carbonyl (C=O) groups is 2. The molecule has 314 valence electrons. The molecule has 8 aromatic rings. The van der Waals surface area contributed by atoms with Gasteiger partial charge < -0.3 is 26.0 Å². The van der Waals surface area contributed by atoms with Crippen LogP contribution in [0.3, 0.4) is 0 Å². The summed E-state index contributed by atoms with van der Waals surface area (Å²) in [6, 6.07) is 31.0. The molecular formula is C48H44N12O3. The molecule has 2 aliphatic carbocycles. The molecule has 4 N–H and O–H groups in total. The molecular weight excluding hydrogens is 793 g/mol. The molecule has 4 aromatic carbocycles. The zero-order valence-electron chi connectivity index (χ0n) is 34.9. The van der Waals surface area contributed by atoms with E-state index in [0.717, 1.165) is 83.4 Å². The number of ether oxygens (including phenoxy) is 1. The highest BCUT2D eigenvalue weighted by Crippen LogP contribution is 2.31. The van der Waals surface area contributed by atoms with E-state index >= 15 is 0 Å². The summed E-state index contributed by atoms with van der Waals surface area (Å²) in [7, 11) is 1.65. The van der Waals surface area contributed by atoms with Crippen LogP contribution in [-0.2, 0) is 4.74 Å². The molecule has 0 aliphatic heterocycles. The third-order valence-electron chi connectivity index (χ3n) is 11.0. The van der Waals surface area contributed by atoms with Crippen molar-refractivity contribution in [3.8, 4) is 34.7 Å². The molecule has 0 unspecified atom stereocenters. The lowest BCUT2D eigenvalue weighted by atomic mass is 10.1. The number of nitriles is 2. The minimum atomic E-state index is -0.0412. The Hall–Kier alpha value is -7.88. The van der Waals surface area contributed by atoms with E-state index in [4.69, 9.17) is 14.7 Å². The zero-order valence-corrected chi connectivity index (χ0v) is 34.9. The molecule has 2 aliphatic rings. The molecule has 63 heavy (non-hydrogen) atoms. The van der Waals surface area contributed by atoms with Gasteiger partial charge in [-0.15, -0.1) is 0 Å². The van der Waals surface area contributed by atoms with E-state index in [-0.39, 0.29) is 11.8 Å². The number of amides is 2. The molecule has 10 rings (SSSR count). The van der Waals surface area contributed by atoms with E-state index in [1.807, 2.05) is 71.3 Å². The van der Waals surface area contributed by atoms with Crippen molar-refractivity contribution >= 4 is 56.8 Å². The van der Waals surface area contributed by atoms with Crippen molar-refractivity contribution in [1.82, 2.24) is 39.4 Å². The molecule has 0 atom stereocenters. The first kappa shape index (κ1) is 40.5. The van der Waals surface area contributed by atoms with Crippen LogP contribution >= 0.6 is 0 Å². The second kappa shape index (κ2) is 17.6. The predicted molar refractivity (Wildman–Crippen MR) is 241 cm³/mol. The van der Waals surface area contributed by atoms with Crippen molar-refractivity contribution in [1.29, 1.82) is 10.5 Å². The summed E-state index contributed by atoms with van der Waals surface area (Å²) in [4.78, 5) is 43.3. The number of rotatable bonds is 13. The monoisotopic (exact) mass is 836 g/mol. The molecule has 2 amide bonds. The maximum absolute atomic E-state index is 12.3. The van der Waals surface area contributed by atoms with E-state index in [1.54, 1.807) is 37.6 Å². The number of anilines is 2. The Kier molecular flexibility index (Phi) is 11.3. The molecule has 0 bridgehead atoms. The van der Waals surface area contributed by atoms with Gasteiger partial charge in [-0.2, -0.15) is 10.5 Å². The molecule has 4 heterocycles. The molecule has 0 spiro atoms. The Labute approximate surface area is 362 Å². The van der Waals surface area contributed by atoms with Crippen molar-refractivity contribution < 1.29 is 14.3 Å². The lowest BCUT2D eigenvalue weighted by Gasteiger charge is -2.12. The molecule has 0 saturated heterocycles. The quantitative estimate of drug-likeness (QED) is 0.0839. The molecule has 4 aromatic heterocycles. The van der Waals surface area contributed by atoms with Crippen LogP contribution in [0.25, 0.3) is 55.9 Å². The van der Waals surface area contributed by atoms with Gasteiger partial charge in [-0.05, 0) is 92.8 Å². The fourth-order valence-electron chi connectivity index (χ4n) is 7.35. The van der Waals surface area contributed by atoms with Crippen molar-refractivity contribution in [2.75, 3.05) is 37.4 Å². The smallest absolute Gasteiger partial charge is 0.251 e. The van der Waals surface area contributed by atoms with E-state index in [9.17, 15) is 20.1 Å². The number of nitrogens with zero attached hydrogens (tertiary/aromatic N) is 8. The first-order valence-corrected chi connectivity index (χ1v) is 21.1. The summed E-state index contributed by atoms with van der Waals surface area (Å²) < 4.78 is 9.22. The van der Waals surface area contributed by atoms with Gasteiger partial charge in [0.2, 0.25) is 0 Å². The average Bonchev–Trinajstić information content (AvgIpc) is 4.23. The number of carbonyl (C=O) groups excluding carboxylic acids is 2. The first-order valence-electron chi connectivity index (χ1n) is 21.1. The number of aromatic nitrogens is 6. The van der Waals surface area contributed by atoms with Crippen LogP contribution in [0.1, 0.15) is 70.9 Å². The Morgan fingerprint density at radius 2 is 1.11 bits per heavy atom. The van der Waals surface area contributed by atoms with Crippen molar-refractivity contribution in [3.63, 3.8) is 0 Å². The number of fused-ring (bicyclic) bond motifs is 6. The fourth-order valence-corrected chi connectivity index (χ4v) is 7.35. The molecule has 2 saturated carbocycles. The fraction of sp³-hybridized carbons (Fsp3) is 0.250. The summed E-state index contributed by atoms with van der Waals surface area (Å²) in [6.07, 6.45) is 8.83. The number of nitrogens with one attached hydrogen (secondary N) is 4. The highest BCUT2D eigenvalue weighted by Gasteiger charge is 2.25. The Morgan fingerprint density at radius 1 is 0.667 bits per heavy atom. The summed E-state index contributed by atoms with van der Waals surface area (Å²) in [5.74, 6) is 1.24. The van der Waals surface area contributed by atoms with Crippen molar-refractivity contribution in [3.05, 3.63) is 120 Å². The average molecular weight is 837 g/mol. The number of hydrogen-bond donors (Lipinski definition) is 4. The summed E-state index contributed by atoms with van der Waals surface area (Å²) in [5.41, 5.74) is 10.6. The van der Waals surface area contributed by atoms with E-state index in [2.05, 4.69) is 54.7 Å². The molecule has 2 fully saturated rings. The van der Waals surface area contributed by atoms with E-state index in [0.29, 0.717) is 70.3 Å². The Morgan fingerprint density at radius 3 is 1.51 bits per heavy atom. The highest BCUT2D eigenvalue weighted by molar-refractivity contribution is 5.96. The standard InChI is InChI=1S/C24H22N6O2.C24H22N6O/c1-32-11-10-26-22-23-27-14-21(30(23)20-9-2-15(13-25)12-19(20)29-22)16-3-5-17(6-4-16)24(31)28-18-7-8-18;1-2-11-26-22-23-27-14-21(30(23)20-10-3-15(13-25)12-19(20)29-22)16-4-6-17(7-5-16)24(31)28-18-8-9-18/h2-6,9,12,14,18H,7-8,10-11H2,1H3,(H,26,29)(H,28,31);3-7,10,12,14,18H,2,8-9,11H2,1H3,(H,26,29)(H,28,31). The lowest BCUT2D eigenvalue weighted by Crippen LogP contribution is -2.25. The van der Waals surface area contributed by atoms with Gasteiger partial charge in [-0.3, -0.25) is 18.4 Å². The van der Waals surface area contributed by atoms with Gasteiger partial charge in [0.1, 0.15) is 0 Å². The second-order valence-corrected chi connectivity index (χ2v) is 15.7. The lowest BCUT2D eigenvalue weighted by molar-refractivity contribution is 0.0942. The van der Waals surface area contributed by atoms with Crippen LogP contribution in [-0.4, -0.2) is 79.4 Å². The third kappa shape index (κ3) is 8.55. The van der Waals surface area contributed by atoms with Crippen LogP contribution in [0.2, 0.25) is 0 Å². The van der Waals surface area contributed by atoms with Gasteiger partial charge in [-0.25, -0.2) is 19.9 Å².